The molecule has 0 aromatic heterocycles. The summed E-state index contributed by atoms with van der Waals surface area (Å²) < 4.78 is 40.6. The maximum Gasteiger partial charge on any atom is 0.336 e. The van der Waals surface area contributed by atoms with Crippen molar-refractivity contribution in [1.29, 1.82) is 0 Å². The van der Waals surface area contributed by atoms with E-state index in [0.717, 1.165) is 0 Å². The molecule has 0 fully saturated rings. The molecule has 0 aliphatic rings. The van der Waals surface area contributed by atoms with E-state index in [1.807, 2.05) is 0 Å². The molecule has 0 aromatic carbocycles. The quantitative estimate of drug-likeness (QED) is 0.313. The second-order valence-corrected chi connectivity index (χ2v) is 6.72. The molecule has 122 valence electrons. The first kappa shape index (κ1) is 19.6. The van der Waals surface area contributed by atoms with Gasteiger partial charge < -0.3 is 9.47 Å². The third-order valence-electron chi connectivity index (χ3n) is 2.42. The SMILES string of the molecule is C=C(C)C(=O)OC(C)(C)OC(=O)C(CCC)CS(=O)(=O)O. The maximum absolute atomic E-state index is 12.0. The monoisotopic (exact) mass is 322 g/mol. The standard InChI is InChI=1S/C13H22O7S/c1-6-7-10(8-21(16,17)18)12(15)20-13(4,5)19-11(14)9(2)3/h10H,2,6-8H2,1,3-5H3,(H,16,17,18). The summed E-state index contributed by atoms with van der Waals surface area (Å²) in [5.74, 6) is -4.89. The Bertz CT molecular complexity index is 505. The molecule has 0 saturated heterocycles. The number of esters is 2. The number of ether oxygens (including phenoxy) is 2. The molecule has 21 heavy (non-hydrogen) atoms. The summed E-state index contributed by atoms with van der Waals surface area (Å²) in [5, 5.41) is 0. The first-order valence-corrected chi connectivity index (χ1v) is 8.05. The summed E-state index contributed by atoms with van der Waals surface area (Å²) in [6.45, 7) is 9.31. The zero-order chi connectivity index (χ0) is 16.8. The lowest BCUT2D eigenvalue weighted by Gasteiger charge is -2.27. The molecule has 0 saturated carbocycles. The van der Waals surface area contributed by atoms with Crippen LogP contribution < -0.4 is 0 Å². The minimum atomic E-state index is -4.31. The molecule has 0 spiro atoms. The van der Waals surface area contributed by atoms with Gasteiger partial charge in [0.1, 0.15) is 0 Å². The van der Waals surface area contributed by atoms with Crippen molar-refractivity contribution in [3.63, 3.8) is 0 Å². The van der Waals surface area contributed by atoms with Gasteiger partial charge in [0.25, 0.3) is 15.9 Å². The molecule has 0 aromatic rings. The summed E-state index contributed by atoms with van der Waals surface area (Å²) in [7, 11) is -4.31. The van der Waals surface area contributed by atoms with Crippen molar-refractivity contribution >= 4 is 22.1 Å². The molecule has 0 amide bonds. The van der Waals surface area contributed by atoms with Gasteiger partial charge in [0, 0.05) is 19.4 Å². The maximum atomic E-state index is 12.0. The molecular formula is C13H22O7S. The van der Waals surface area contributed by atoms with Crippen LogP contribution in [0.3, 0.4) is 0 Å². The van der Waals surface area contributed by atoms with Crippen LogP contribution in [0.25, 0.3) is 0 Å². The van der Waals surface area contributed by atoms with E-state index in [-0.39, 0.29) is 12.0 Å². The summed E-state index contributed by atoms with van der Waals surface area (Å²) in [6.07, 6.45) is 0.754. The van der Waals surface area contributed by atoms with Gasteiger partial charge in [-0.15, -0.1) is 0 Å². The fourth-order valence-corrected chi connectivity index (χ4v) is 2.34. The summed E-state index contributed by atoms with van der Waals surface area (Å²) in [4.78, 5) is 23.4. The van der Waals surface area contributed by atoms with Crippen molar-refractivity contribution in [2.75, 3.05) is 5.75 Å². The van der Waals surface area contributed by atoms with E-state index < -0.39 is 39.5 Å². The lowest BCUT2D eigenvalue weighted by molar-refractivity contribution is -0.216. The van der Waals surface area contributed by atoms with Gasteiger partial charge in [0.2, 0.25) is 0 Å². The van der Waals surface area contributed by atoms with Crippen LogP contribution in [-0.2, 0) is 29.2 Å². The molecule has 0 radical (unpaired) electrons. The van der Waals surface area contributed by atoms with Gasteiger partial charge in [-0.25, -0.2) is 4.79 Å². The largest absolute Gasteiger partial charge is 0.423 e. The predicted octanol–water partition coefficient (Wildman–Crippen LogP) is 1.69. The third-order valence-corrected chi connectivity index (χ3v) is 3.24. The van der Waals surface area contributed by atoms with E-state index in [9.17, 15) is 18.0 Å². The molecule has 0 heterocycles. The zero-order valence-electron chi connectivity index (χ0n) is 12.7. The van der Waals surface area contributed by atoms with Crippen molar-refractivity contribution in [3.05, 3.63) is 12.2 Å². The van der Waals surface area contributed by atoms with E-state index in [1.54, 1.807) is 6.92 Å². The Balaban J connectivity index is 4.88. The van der Waals surface area contributed by atoms with Gasteiger partial charge in [-0.2, -0.15) is 8.42 Å². The van der Waals surface area contributed by atoms with Crippen molar-refractivity contribution in [2.45, 2.75) is 46.3 Å². The Labute approximate surface area is 125 Å². The minimum absolute atomic E-state index is 0.141. The van der Waals surface area contributed by atoms with Crippen LogP contribution in [-0.4, -0.2) is 36.4 Å². The number of hydrogen-bond donors (Lipinski definition) is 1. The molecule has 1 unspecified atom stereocenters. The van der Waals surface area contributed by atoms with Crippen LogP contribution in [0.15, 0.2) is 12.2 Å². The number of carbonyl (C=O) groups is 2. The third kappa shape index (κ3) is 8.46. The summed E-state index contributed by atoms with van der Waals surface area (Å²) in [6, 6.07) is 0. The van der Waals surface area contributed by atoms with Crippen LogP contribution in [0, 0.1) is 5.92 Å². The Morgan fingerprint density at radius 3 is 2.19 bits per heavy atom. The fraction of sp³-hybridized carbons (Fsp3) is 0.692. The first-order chi connectivity index (χ1) is 9.38. The van der Waals surface area contributed by atoms with Crippen molar-refractivity contribution in [3.8, 4) is 0 Å². The Hall–Kier alpha value is -1.41. The number of carbonyl (C=O) groups excluding carboxylic acids is 2. The molecule has 1 atom stereocenters. The smallest absolute Gasteiger partial charge is 0.336 e. The molecule has 7 nitrogen and oxygen atoms in total. The van der Waals surface area contributed by atoms with Crippen molar-refractivity contribution in [2.24, 2.45) is 5.92 Å². The van der Waals surface area contributed by atoms with Crippen LogP contribution in [0.4, 0.5) is 0 Å². The fourth-order valence-electron chi connectivity index (χ4n) is 1.53. The number of hydrogen-bond acceptors (Lipinski definition) is 6. The number of rotatable bonds is 8. The molecule has 8 heteroatoms. The van der Waals surface area contributed by atoms with Crippen LogP contribution in [0.1, 0.15) is 40.5 Å². The summed E-state index contributed by atoms with van der Waals surface area (Å²) in [5.41, 5.74) is 0.141. The highest BCUT2D eigenvalue weighted by Crippen LogP contribution is 2.19. The van der Waals surface area contributed by atoms with Crippen LogP contribution >= 0.6 is 0 Å². The van der Waals surface area contributed by atoms with Gasteiger partial charge in [0.05, 0.1) is 11.7 Å². The van der Waals surface area contributed by atoms with E-state index in [1.165, 1.54) is 20.8 Å². The summed E-state index contributed by atoms with van der Waals surface area (Å²) >= 11 is 0. The molecule has 0 bridgehead atoms. The lowest BCUT2D eigenvalue weighted by Crippen LogP contribution is -2.38. The van der Waals surface area contributed by atoms with Gasteiger partial charge >= 0.3 is 11.9 Å². The Kier molecular flexibility index (Phi) is 7.05. The second kappa shape index (κ2) is 7.56. The van der Waals surface area contributed by atoms with Gasteiger partial charge in [-0.3, -0.25) is 9.35 Å². The molecule has 0 aliphatic heterocycles. The zero-order valence-corrected chi connectivity index (χ0v) is 13.5. The molecular weight excluding hydrogens is 300 g/mol. The predicted molar refractivity (Wildman–Crippen MR) is 75.9 cm³/mol. The van der Waals surface area contributed by atoms with Crippen LogP contribution in [0.2, 0.25) is 0 Å². The van der Waals surface area contributed by atoms with Crippen LogP contribution in [0.5, 0.6) is 0 Å². The minimum Gasteiger partial charge on any atom is -0.423 e. The van der Waals surface area contributed by atoms with Crippen molar-refractivity contribution < 1.29 is 32.0 Å². The second-order valence-electron chi connectivity index (χ2n) is 5.22. The average molecular weight is 322 g/mol. The Morgan fingerprint density at radius 1 is 1.29 bits per heavy atom. The lowest BCUT2D eigenvalue weighted by atomic mass is 10.1. The molecule has 0 aliphatic carbocycles. The van der Waals surface area contributed by atoms with E-state index >= 15 is 0 Å². The highest BCUT2D eigenvalue weighted by atomic mass is 32.2. The van der Waals surface area contributed by atoms with E-state index in [0.29, 0.717) is 6.42 Å². The first-order valence-electron chi connectivity index (χ1n) is 6.45. The molecule has 0 rings (SSSR count). The Morgan fingerprint density at radius 2 is 1.81 bits per heavy atom. The van der Waals surface area contributed by atoms with Gasteiger partial charge in [-0.05, 0) is 13.3 Å². The van der Waals surface area contributed by atoms with Gasteiger partial charge in [-0.1, -0.05) is 19.9 Å². The van der Waals surface area contributed by atoms with Crippen molar-refractivity contribution in [1.82, 2.24) is 0 Å². The van der Waals surface area contributed by atoms with E-state index in [4.69, 9.17) is 14.0 Å². The highest BCUT2D eigenvalue weighted by Gasteiger charge is 2.33. The van der Waals surface area contributed by atoms with E-state index in [2.05, 4.69) is 6.58 Å². The normalized spacial score (nSPS) is 13.4. The van der Waals surface area contributed by atoms with Gasteiger partial charge in [0.15, 0.2) is 0 Å². The topological polar surface area (TPSA) is 107 Å². The molecule has 1 N–H and O–H groups in total. The highest BCUT2D eigenvalue weighted by molar-refractivity contribution is 7.85. The average Bonchev–Trinajstić information content (AvgIpc) is 2.24.